The van der Waals surface area contributed by atoms with Gasteiger partial charge in [-0.15, -0.1) is 0 Å². The van der Waals surface area contributed by atoms with Gasteiger partial charge in [0.05, 0.1) is 19.6 Å². The van der Waals surface area contributed by atoms with Gasteiger partial charge in [0.15, 0.2) is 0 Å². The lowest BCUT2D eigenvalue weighted by Crippen LogP contribution is -2.67. The molecule has 2 rings (SSSR count). The lowest BCUT2D eigenvalue weighted by Gasteiger charge is -2.22. The summed E-state index contributed by atoms with van der Waals surface area (Å²) in [6.07, 6.45) is 0.624. The van der Waals surface area contributed by atoms with Crippen LogP contribution in [0.25, 0.3) is 0 Å². The van der Waals surface area contributed by atoms with E-state index in [2.05, 4.69) is 4.99 Å². The highest BCUT2D eigenvalue weighted by Gasteiger charge is 2.56. The Morgan fingerprint density at radius 3 is 2.50 bits per heavy atom. The molecule has 2 heterocycles. The molecule has 2 bridgehead atoms. The van der Waals surface area contributed by atoms with E-state index in [4.69, 9.17) is 20.9 Å². The molecule has 2 fully saturated rings. The number of rotatable bonds is 3. The van der Waals surface area contributed by atoms with Crippen LogP contribution >= 0.6 is 0 Å². The first-order valence-electron chi connectivity index (χ1n) is 4.10. The van der Waals surface area contributed by atoms with E-state index in [0.29, 0.717) is 26.2 Å². The second kappa shape index (κ2) is 2.52. The highest BCUT2D eigenvalue weighted by Crippen LogP contribution is 2.41. The molecule has 0 unspecified atom stereocenters. The predicted molar refractivity (Wildman–Crippen MR) is 40.6 cm³/mol. The largest absolute Gasteiger partial charge is 0.429 e. The molecule has 2 aliphatic rings. The molecule has 4 nitrogen and oxygen atoms in total. The summed E-state index contributed by atoms with van der Waals surface area (Å²) in [5.74, 6) is -0.818. The van der Waals surface area contributed by atoms with Crippen molar-refractivity contribution in [1.82, 2.24) is 0 Å². The molecular formula is C8H13NO3. The van der Waals surface area contributed by atoms with Crippen LogP contribution in [0.2, 0.25) is 0 Å². The molecule has 0 spiro atoms. The molecule has 2 aliphatic heterocycles. The molecule has 4 heteroatoms. The quantitative estimate of drug-likeness (QED) is 0.416. The SMILES string of the molecule is [CH-]=[NH+]CCC12OCC(C)(CO1)O2. The third-order valence-corrected chi connectivity index (χ3v) is 2.17. The molecule has 0 aromatic rings. The van der Waals surface area contributed by atoms with Gasteiger partial charge in [0.1, 0.15) is 12.1 Å². The molecule has 0 aromatic carbocycles. The van der Waals surface area contributed by atoms with E-state index in [1.807, 2.05) is 6.92 Å². The van der Waals surface area contributed by atoms with E-state index in [9.17, 15) is 0 Å². The van der Waals surface area contributed by atoms with Gasteiger partial charge in [0.2, 0.25) is 0 Å². The van der Waals surface area contributed by atoms with Crippen LogP contribution in [0.15, 0.2) is 0 Å². The van der Waals surface area contributed by atoms with Crippen LogP contribution < -0.4 is 4.99 Å². The molecule has 0 aliphatic carbocycles. The Morgan fingerprint density at radius 1 is 1.42 bits per heavy atom. The molecule has 0 aromatic heterocycles. The van der Waals surface area contributed by atoms with Crippen molar-refractivity contribution >= 4 is 6.72 Å². The molecule has 12 heavy (non-hydrogen) atoms. The van der Waals surface area contributed by atoms with Gasteiger partial charge in [-0.25, -0.2) is 6.72 Å². The topological polar surface area (TPSA) is 41.7 Å². The number of fused-ring (bicyclic) bond motifs is 2. The molecule has 1 N–H and O–H groups in total. The van der Waals surface area contributed by atoms with Crippen molar-refractivity contribution in [3.05, 3.63) is 0 Å². The minimum absolute atomic E-state index is 0.241. The molecule has 0 saturated carbocycles. The second-order valence-electron chi connectivity index (χ2n) is 3.52. The first-order valence-corrected chi connectivity index (χ1v) is 4.10. The molecular weight excluding hydrogens is 158 g/mol. The summed E-state index contributed by atoms with van der Waals surface area (Å²) >= 11 is 0. The lowest BCUT2D eigenvalue weighted by atomic mass is 10.1. The van der Waals surface area contributed by atoms with Gasteiger partial charge in [0.25, 0.3) is 5.97 Å². The first kappa shape index (κ1) is 8.16. The summed E-state index contributed by atoms with van der Waals surface area (Å²) in [7, 11) is 0. The lowest BCUT2D eigenvalue weighted by molar-refractivity contribution is -0.463. The molecule has 0 radical (unpaired) electrons. The van der Waals surface area contributed by atoms with Crippen molar-refractivity contribution in [2.75, 3.05) is 19.8 Å². The standard InChI is InChI=1S/C8H13NO3/c1-7-5-10-8(12-7,11-6-7)3-4-9-2/h2,9H,3-6H2,1H3. The fraction of sp³-hybridized carbons (Fsp3) is 0.875. The van der Waals surface area contributed by atoms with Crippen molar-refractivity contribution < 1.29 is 19.2 Å². The Labute approximate surface area is 71.5 Å². The van der Waals surface area contributed by atoms with Crippen LogP contribution in [-0.4, -0.2) is 38.1 Å². The average Bonchev–Trinajstić information content (AvgIpc) is 2.55. The van der Waals surface area contributed by atoms with Crippen molar-refractivity contribution in [2.24, 2.45) is 0 Å². The fourth-order valence-corrected chi connectivity index (χ4v) is 1.52. The van der Waals surface area contributed by atoms with Crippen LogP contribution in [0.3, 0.4) is 0 Å². The van der Waals surface area contributed by atoms with E-state index in [0.717, 1.165) is 0 Å². The van der Waals surface area contributed by atoms with Crippen molar-refractivity contribution in [3.8, 4) is 0 Å². The van der Waals surface area contributed by atoms with Crippen molar-refractivity contribution in [1.29, 1.82) is 0 Å². The normalized spacial score (nSPS) is 45.1. The number of ether oxygens (including phenoxy) is 3. The van der Waals surface area contributed by atoms with Gasteiger partial charge in [-0.1, -0.05) is 0 Å². The van der Waals surface area contributed by atoms with Crippen molar-refractivity contribution in [2.45, 2.75) is 24.9 Å². The molecule has 0 amide bonds. The van der Waals surface area contributed by atoms with Gasteiger partial charge in [-0.05, 0) is 6.92 Å². The molecule has 0 atom stereocenters. The Kier molecular flexibility index (Phi) is 1.71. The van der Waals surface area contributed by atoms with Crippen LogP contribution in [0.4, 0.5) is 0 Å². The van der Waals surface area contributed by atoms with E-state index >= 15 is 0 Å². The summed E-state index contributed by atoms with van der Waals surface area (Å²) in [5.41, 5.74) is -0.241. The Hall–Kier alpha value is -0.450. The van der Waals surface area contributed by atoms with Gasteiger partial charge in [-0.3, -0.25) is 0 Å². The van der Waals surface area contributed by atoms with Gasteiger partial charge >= 0.3 is 0 Å². The minimum atomic E-state index is -0.818. The zero-order valence-electron chi connectivity index (χ0n) is 7.13. The number of hydrogen-bond donors (Lipinski definition) is 1. The van der Waals surface area contributed by atoms with Crippen LogP contribution in [-0.2, 0) is 14.2 Å². The summed E-state index contributed by atoms with van der Waals surface area (Å²) in [5, 5.41) is 0. The second-order valence-corrected chi connectivity index (χ2v) is 3.52. The van der Waals surface area contributed by atoms with Gasteiger partial charge < -0.3 is 19.2 Å². The molecule has 2 saturated heterocycles. The smallest absolute Gasteiger partial charge is 0.289 e. The fourth-order valence-electron chi connectivity index (χ4n) is 1.52. The summed E-state index contributed by atoms with van der Waals surface area (Å²) in [4.78, 5) is 2.54. The maximum Gasteiger partial charge on any atom is 0.289 e. The third kappa shape index (κ3) is 1.16. The maximum absolute atomic E-state index is 5.61. The van der Waals surface area contributed by atoms with Crippen LogP contribution in [0.5, 0.6) is 0 Å². The Balaban J connectivity index is 2.00. The zero-order chi connectivity index (χ0) is 8.66. The number of nitrogens with one attached hydrogen (secondary N) is 1. The van der Waals surface area contributed by atoms with E-state index in [-0.39, 0.29) is 5.60 Å². The monoisotopic (exact) mass is 171 g/mol. The first-order chi connectivity index (χ1) is 5.68. The van der Waals surface area contributed by atoms with Crippen LogP contribution in [0.1, 0.15) is 13.3 Å². The van der Waals surface area contributed by atoms with Gasteiger partial charge in [0, 0.05) is 0 Å². The van der Waals surface area contributed by atoms with Crippen LogP contribution in [0, 0.1) is 0 Å². The highest BCUT2D eigenvalue weighted by atomic mass is 16.9. The third-order valence-electron chi connectivity index (χ3n) is 2.17. The summed E-state index contributed by atoms with van der Waals surface area (Å²) < 4.78 is 16.4. The maximum atomic E-state index is 5.61. The van der Waals surface area contributed by atoms with E-state index in [1.165, 1.54) is 0 Å². The van der Waals surface area contributed by atoms with Crippen molar-refractivity contribution in [3.63, 3.8) is 0 Å². The zero-order valence-corrected chi connectivity index (χ0v) is 7.13. The average molecular weight is 171 g/mol. The van der Waals surface area contributed by atoms with E-state index in [1.54, 1.807) is 0 Å². The Morgan fingerprint density at radius 2 is 2.08 bits per heavy atom. The van der Waals surface area contributed by atoms with E-state index < -0.39 is 5.97 Å². The highest BCUT2D eigenvalue weighted by molar-refractivity contribution is 5.12. The summed E-state index contributed by atoms with van der Waals surface area (Å²) in [6, 6.07) is 0. The predicted octanol–water partition coefficient (Wildman–Crippen LogP) is -1.48. The molecule has 68 valence electrons. The Bertz CT molecular complexity index is 196. The summed E-state index contributed by atoms with van der Waals surface area (Å²) in [6.45, 7) is 8.97. The minimum Gasteiger partial charge on any atom is -0.429 e. The number of hydrogen-bond acceptors (Lipinski definition) is 3. The van der Waals surface area contributed by atoms with Gasteiger partial charge in [-0.2, -0.15) is 0 Å².